The van der Waals surface area contributed by atoms with Gasteiger partial charge in [-0.15, -0.1) is 0 Å². The first kappa shape index (κ1) is 21.6. The maximum absolute atomic E-state index is 10.2. The van der Waals surface area contributed by atoms with E-state index in [0.717, 1.165) is 0 Å². The Morgan fingerprint density at radius 3 is 1.00 bits per heavy atom. The molecule has 0 aliphatic heterocycles. The minimum atomic E-state index is -5.17. The van der Waals surface area contributed by atoms with Gasteiger partial charge in [0.1, 0.15) is 0 Å². The maximum atomic E-state index is 10.2. The van der Waals surface area contributed by atoms with Crippen LogP contribution in [0.2, 0.25) is 0 Å². The van der Waals surface area contributed by atoms with Crippen molar-refractivity contribution in [2.24, 2.45) is 0 Å². The fraction of sp³-hybridized carbons (Fsp3) is 0. The van der Waals surface area contributed by atoms with Crippen molar-refractivity contribution < 1.29 is 76.6 Å². The Labute approximate surface area is 132 Å². The Balaban J connectivity index is -0.000000214. The van der Waals surface area contributed by atoms with Crippen LogP contribution >= 0.6 is 0 Å². The number of aromatic nitrogens is 3. The summed E-state index contributed by atoms with van der Waals surface area (Å²) in [6, 6.07) is 0. The molecule has 1 aromatic heterocycles. The molecule has 0 radical (unpaired) electrons. The zero-order valence-electron chi connectivity index (χ0n) is 8.27. The van der Waals surface area contributed by atoms with Gasteiger partial charge in [-0.1, -0.05) is 0 Å². The van der Waals surface area contributed by atoms with E-state index in [2.05, 4.69) is 0 Å². The molecule has 13 heteroatoms. The van der Waals surface area contributed by atoms with E-state index in [1.165, 1.54) is 0 Å². The summed E-state index contributed by atoms with van der Waals surface area (Å²) < 4.78 is 34.1. The Kier molecular flexibility index (Phi) is 12.6. The number of nitrogens with one attached hydrogen (secondary N) is 3. The van der Waals surface area contributed by atoms with Crippen LogP contribution in [-0.4, -0.2) is 32.5 Å². The molecule has 0 saturated carbocycles. The monoisotopic (exact) mass is 271 g/mol. The summed E-state index contributed by atoms with van der Waals surface area (Å²) >= 11 is 0. The number of hydrogen-bond donors (Lipinski definition) is 3. The molecule has 0 aliphatic rings. The summed E-state index contributed by atoms with van der Waals surface area (Å²) in [5.41, 5.74) is -2.41. The summed E-state index contributed by atoms with van der Waals surface area (Å²) in [4.78, 5) is 35.9. The molecule has 0 saturated heterocycles. The zero-order valence-corrected chi connectivity index (χ0v) is 13.1. The summed E-state index contributed by atoms with van der Waals surface area (Å²) in [7, 11) is -5.17. The second-order valence-corrected chi connectivity index (χ2v) is 2.59. The van der Waals surface area contributed by atoms with Crippen molar-refractivity contribution in [3.05, 3.63) is 31.5 Å². The molecule has 0 aliphatic carbocycles. The van der Waals surface area contributed by atoms with Gasteiger partial charge in [-0.3, -0.25) is 23.4 Å². The molecular formula is C3H3N3Na2O7S. The van der Waals surface area contributed by atoms with E-state index in [1.54, 1.807) is 15.0 Å². The first-order valence-electron chi connectivity index (χ1n) is 2.78. The molecular weight excluding hydrogens is 268 g/mol. The van der Waals surface area contributed by atoms with Gasteiger partial charge >= 0.3 is 76.2 Å². The molecule has 80 valence electrons. The number of aromatic amines is 3. The summed E-state index contributed by atoms with van der Waals surface area (Å²) in [5, 5.41) is 0. The first-order valence-corrected chi connectivity index (χ1v) is 4.11. The topological polar surface area (TPSA) is 179 Å². The van der Waals surface area contributed by atoms with Gasteiger partial charge in [-0.05, 0) is 0 Å². The van der Waals surface area contributed by atoms with Gasteiger partial charge in [0.25, 0.3) is 0 Å². The molecule has 0 fully saturated rings. The van der Waals surface area contributed by atoms with Crippen LogP contribution in [0.25, 0.3) is 0 Å². The predicted octanol–water partition coefficient (Wildman–Crippen LogP) is -9.58. The molecule has 1 rings (SSSR count). The van der Waals surface area contributed by atoms with Crippen LogP contribution in [0.3, 0.4) is 0 Å². The molecule has 0 aromatic carbocycles. The van der Waals surface area contributed by atoms with E-state index in [4.69, 9.17) is 17.5 Å². The van der Waals surface area contributed by atoms with Crippen molar-refractivity contribution >= 4 is 10.4 Å². The van der Waals surface area contributed by atoms with Crippen molar-refractivity contribution in [1.82, 2.24) is 15.0 Å². The Bertz CT molecular complexity index is 468. The van der Waals surface area contributed by atoms with Gasteiger partial charge in [0.15, 0.2) is 0 Å². The fourth-order valence-corrected chi connectivity index (χ4v) is 0.403. The molecule has 1 aromatic rings. The van der Waals surface area contributed by atoms with Crippen molar-refractivity contribution in [3.63, 3.8) is 0 Å². The standard InChI is InChI=1S/C3H3N3O3.2Na.H2O4S/c7-1-4-2(8)6-3(9)5-1;;;1-5(2,3)4/h(H3,4,5,6,7,8,9);;;(H2,1,2,3,4)/q;2*+1;/p-2. The molecule has 3 N–H and O–H groups in total. The molecule has 0 bridgehead atoms. The molecule has 1 heterocycles. The number of hydrogen-bond acceptors (Lipinski definition) is 7. The molecule has 16 heavy (non-hydrogen) atoms. The quantitative estimate of drug-likeness (QED) is 0.238. The second-order valence-electron chi connectivity index (χ2n) is 1.77. The molecule has 0 amide bonds. The third kappa shape index (κ3) is 16.7. The van der Waals surface area contributed by atoms with E-state index in [1.807, 2.05) is 0 Å². The van der Waals surface area contributed by atoms with Crippen molar-refractivity contribution in [3.8, 4) is 0 Å². The van der Waals surface area contributed by atoms with Gasteiger partial charge in [-0.25, -0.2) is 14.4 Å². The number of H-pyrrole nitrogens is 3. The zero-order chi connectivity index (χ0) is 11.4. The largest absolute Gasteiger partial charge is 1.00 e. The second kappa shape index (κ2) is 9.32. The average Bonchev–Trinajstić information content (AvgIpc) is 1.77. The van der Waals surface area contributed by atoms with Crippen LogP contribution in [0.5, 0.6) is 0 Å². The van der Waals surface area contributed by atoms with Crippen LogP contribution in [0.15, 0.2) is 14.4 Å². The van der Waals surface area contributed by atoms with Crippen LogP contribution < -0.4 is 76.2 Å². The summed E-state index contributed by atoms with van der Waals surface area (Å²) in [6.07, 6.45) is 0. The fourth-order valence-electron chi connectivity index (χ4n) is 0.403. The smallest absolute Gasteiger partial charge is 0.759 e. The number of rotatable bonds is 0. The van der Waals surface area contributed by atoms with E-state index in [-0.39, 0.29) is 59.1 Å². The molecule has 0 spiro atoms. The first-order chi connectivity index (χ1) is 6.18. The van der Waals surface area contributed by atoms with Gasteiger partial charge < -0.3 is 9.11 Å². The van der Waals surface area contributed by atoms with Crippen LogP contribution in [0, 0.1) is 0 Å². The summed E-state index contributed by atoms with van der Waals surface area (Å²) in [6.45, 7) is 0. The van der Waals surface area contributed by atoms with Gasteiger partial charge in [-0.2, -0.15) is 0 Å². The van der Waals surface area contributed by atoms with Crippen molar-refractivity contribution in [1.29, 1.82) is 0 Å². The third-order valence-electron chi connectivity index (χ3n) is 0.681. The molecule has 0 atom stereocenters. The van der Waals surface area contributed by atoms with Gasteiger partial charge in [0, 0.05) is 10.4 Å². The Hall–Kier alpha value is 0.280. The predicted molar refractivity (Wildman–Crippen MR) is 38.8 cm³/mol. The molecule has 0 unspecified atom stereocenters. The van der Waals surface area contributed by atoms with E-state index in [9.17, 15) is 14.4 Å². The normalized spacial score (nSPS) is 8.88. The SMILES string of the molecule is O=S(=O)([O-])[O-].O=c1[nH]c(=O)[nH]c(=O)[nH]1.[Na+].[Na+]. The average molecular weight is 271 g/mol. The molecule has 10 nitrogen and oxygen atoms in total. The van der Waals surface area contributed by atoms with Gasteiger partial charge in [0.2, 0.25) is 0 Å². The maximum Gasteiger partial charge on any atom is 1.00 e. The van der Waals surface area contributed by atoms with Gasteiger partial charge in [0.05, 0.1) is 0 Å². The van der Waals surface area contributed by atoms with Crippen molar-refractivity contribution in [2.75, 3.05) is 0 Å². The minimum absolute atomic E-state index is 0. The van der Waals surface area contributed by atoms with E-state index >= 15 is 0 Å². The Morgan fingerprint density at radius 1 is 0.750 bits per heavy atom. The van der Waals surface area contributed by atoms with E-state index < -0.39 is 27.5 Å². The third-order valence-corrected chi connectivity index (χ3v) is 0.681. The minimum Gasteiger partial charge on any atom is -0.759 e. The van der Waals surface area contributed by atoms with Crippen molar-refractivity contribution in [2.45, 2.75) is 0 Å². The van der Waals surface area contributed by atoms with Crippen LogP contribution in [0.1, 0.15) is 0 Å². The summed E-state index contributed by atoms with van der Waals surface area (Å²) in [5.74, 6) is 0. The van der Waals surface area contributed by atoms with Crippen LogP contribution in [-0.2, 0) is 10.4 Å². The van der Waals surface area contributed by atoms with E-state index in [0.29, 0.717) is 0 Å². The Morgan fingerprint density at radius 2 is 0.875 bits per heavy atom. The van der Waals surface area contributed by atoms with Crippen LogP contribution in [0.4, 0.5) is 0 Å².